The average Bonchev–Trinajstić information content (AvgIpc) is 2.45. The molecule has 0 saturated heterocycles. The molecule has 0 spiro atoms. The summed E-state index contributed by atoms with van der Waals surface area (Å²) in [5, 5.41) is 9.66. The minimum Gasteiger partial charge on any atom is -0.507 e. The van der Waals surface area contributed by atoms with Crippen LogP contribution in [0.15, 0.2) is 22.7 Å². The van der Waals surface area contributed by atoms with Crippen molar-refractivity contribution in [3.05, 3.63) is 28.2 Å². The average molecular weight is 346 g/mol. The standard InChI is InChI=1S/C14H20BrNO4/c1-19-8-3-6-16(7-9-20-2)14(18)11-4-5-12(15)13(17)10-11/h4-5,10,17H,3,6-9H2,1-2H3. The van der Waals surface area contributed by atoms with Gasteiger partial charge < -0.3 is 19.5 Å². The Morgan fingerprint density at radius 2 is 1.95 bits per heavy atom. The maximum Gasteiger partial charge on any atom is 0.254 e. The topological polar surface area (TPSA) is 59.0 Å². The summed E-state index contributed by atoms with van der Waals surface area (Å²) >= 11 is 3.20. The highest BCUT2D eigenvalue weighted by Gasteiger charge is 2.16. The van der Waals surface area contributed by atoms with Gasteiger partial charge in [0, 0.05) is 39.5 Å². The third-order valence-electron chi connectivity index (χ3n) is 2.82. The molecule has 0 saturated carbocycles. The molecule has 1 rings (SSSR count). The predicted octanol–water partition coefficient (Wildman–Crippen LogP) is 2.28. The molecule has 0 atom stereocenters. The molecule has 1 aromatic rings. The van der Waals surface area contributed by atoms with Gasteiger partial charge in [0.15, 0.2) is 0 Å². The molecule has 0 aromatic heterocycles. The summed E-state index contributed by atoms with van der Waals surface area (Å²) in [5.41, 5.74) is 0.458. The van der Waals surface area contributed by atoms with Gasteiger partial charge in [-0.25, -0.2) is 0 Å². The predicted molar refractivity (Wildman–Crippen MR) is 80.1 cm³/mol. The normalized spacial score (nSPS) is 10.6. The van der Waals surface area contributed by atoms with Gasteiger partial charge in [-0.1, -0.05) is 0 Å². The number of hydrogen-bond donors (Lipinski definition) is 1. The summed E-state index contributed by atoms with van der Waals surface area (Å²) in [6.07, 6.45) is 0.758. The Balaban J connectivity index is 2.76. The Hall–Kier alpha value is -1.11. The fraction of sp³-hybridized carbons (Fsp3) is 0.500. The van der Waals surface area contributed by atoms with Crippen molar-refractivity contribution in [2.75, 3.05) is 40.5 Å². The van der Waals surface area contributed by atoms with Crippen molar-refractivity contribution in [3.63, 3.8) is 0 Å². The lowest BCUT2D eigenvalue weighted by Gasteiger charge is -2.22. The van der Waals surface area contributed by atoms with Gasteiger partial charge in [-0.2, -0.15) is 0 Å². The van der Waals surface area contributed by atoms with Crippen LogP contribution in [0.5, 0.6) is 5.75 Å². The fourth-order valence-corrected chi connectivity index (χ4v) is 1.99. The van der Waals surface area contributed by atoms with E-state index in [4.69, 9.17) is 9.47 Å². The molecular formula is C14H20BrNO4. The monoisotopic (exact) mass is 345 g/mol. The number of benzene rings is 1. The summed E-state index contributed by atoms with van der Waals surface area (Å²) in [6, 6.07) is 4.80. The molecule has 0 aliphatic rings. The molecule has 1 amide bonds. The van der Waals surface area contributed by atoms with E-state index in [0.717, 1.165) is 6.42 Å². The number of rotatable bonds is 8. The minimum absolute atomic E-state index is 0.0550. The van der Waals surface area contributed by atoms with E-state index in [-0.39, 0.29) is 11.7 Å². The second-order valence-electron chi connectivity index (χ2n) is 4.30. The van der Waals surface area contributed by atoms with Gasteiger partial charge in [0.05, 0.1) is 11.1 Å². The van der Waals surface area contributed by atoms with Crippen molar-refractivity contribution in [1.29, 1.82) is 0 Å². The number of carbonyl (C=O) groups excluding carboxylic acids is 1. The largest absolute Gasteiger partial charge is 0.507 e. The van der Waals surface area contributed by atoms with Gasteiger partial charge in [-0.15, -0.1) is 0 Å². The van der Waals surface area contributed by atoms with Crippen molar-refractivity contribution in [3.8, 4) is 5.75 Å². The number of hydrogen-bond acceptors (Lipinski definition) is 4. The SMILES string of the molecule is COCCCN(CCOC)C(=O)c1ccc(Br)c(O)c1. The highest BCUT2D eigenvalue weighted by Crippen LogP contribution is 2.24. The molecule has 0 heterocycles. The van der Waals surface area contributed by atoms with E-state index >= 15 is 0 Å². The first-order chi connectivity index (χ1) is 9.60. The van der Waals surface area contributed by atoms with E-state index in [9.17, 15) is 9.90 Å². The first-order valence-electron chi connectivity index (χ1n) is 6.35. The van der Waals surface area contributed by atoms with Crippen LogP contribution in [0.3, 0.4) is 0 Å². The summed E-state index contributed by atoms with van der Waals surface area (Å²) in [4.78, 5) is 14.1. The van der Waals surface area contributed by atoms with Crippen molar-refractivity contribution in [2.45, 2.75) is 6.42 Å². The third-order valence-corrected chi connectivity index (χ3v) is 3.49. The van der Waals surface area contributed by atoms with Gasteiger partial charge in [-0.3, -0.25) is 4.79 Å². The van der Waals surface area contributed by atoms with Gasteiger partial charge in [0.2, 0.25) is 0 Å². The van der Waals surface area contributed by atoms with Crippen LogP contribution in [0.2, 0.25) is 0 Å². The van der Waals surface area contributed by atoms with Crippen LogP contribution in [0, 0.1) is 0 Å². The first-order valence-corrected chi connectivity index (χ1v) is 7.15. The van der Waals surface area contributed by atoms with Crippen LogP contribution in [0.4, 0.5) is 0 Å². The van der Waals surface area contributed by atoms with E-state index in [2.05, 4.69) is 15.9 Å². The number of methoxy groups -OCH3 is 2. The quantitative estimate of drug-likeness (QED) is 0.734. The van der Waals surface area contributed by atoms with Gasteiger partial charge in [-0.05, 0) is 40.5 Å². The maximum atomic E-state index is 12.4. The smallest absolute Gasteiger partial charge is 0.254 e. The second kappa shape index (κ2) is 8.94. The van der Waals surface area contributed by atoms with E-state index < -0.39 is 0 Å². The fourth-order valence-electron chi connectivity index (χ4n) is 1.74. The van der Waals surface area contributed by atoms with Crippen LogP contribution in [-0.4, -0.2) is 56.4 Å². The zero-order valence-electron chi connectivity index (χ0n) is 11.8. The van der Waals surface area contributed by atoms with E-state index in [1.807, 2.05) is 0 Å². The highest BCUT2D eigenvalue weighted by atomic mass is 79.9. The lowest BCUT2D eigenvalue weighted by Crippen LogP contribution is -2.35. The number of amides is 1. The number of phenolic OH excluding ortho intramolecular Hbond substituents is 1. The highest BCUT2D eigenvalue weighted by molar-refractivity contribution is 9.10. The zero-order valence-corrected chi connectivity index (χ0v) is 13.4. The van der Waals surface area contributed by atoms with Crippen LogP contribution < -0.4 is 0 Å². The second-order valence-corrected chi connectivity index (χ2v) is 5.15. The van der Waals surface area contributed by atoms with Crippen LogP contribution in [0.25, 0.3) is 0 Å². The van der Waals surface area contributed by atoms with Crippen LogP contribution >= 0.6 is 15.9 Å². The van der Waals surface area contributed by atoms with Crippen molar-refractivity contribution >= 4 is 21.8 Å². The molecule has 5 nitrogen and oxygen atoms in total. The van der Waals surface area contributed by atoms with Gasteiger partial charge in [0.1, 0.15) is 5.75 Å². The molecule has 1 aromatic carbocycles. The lowest BCUT2D eigenvalue weighted by molar-refractivity contribution is 0.0674. The Morgan fingerprint density at radius 1 is 1.25 bits per heavy atom. The van der Waals surface area contributed by atoms with Crippen LogP contribution in [-0.2, 0) is 9.47 Å². The van der Waals surface area contributed by atoms with Crippen molar-refractivity contribution in [2.24, 2.45) is 0 Å². The molecule has 0 aliphatic heterocycles. The van der Waals surface area contributed by atoms with Crippen molar-refractivity contribution in [1.82, 2.24) is 4.90 Å². The lowest BCUT2D eigenvalue weighted by atomic mass is 10.2. The van der Waals surface area contributed by atoms with Crippen LogP contribution in [0.1, 0.15) is 16.8 Å². The van der Waals surface area contributed by atoms with E-state index in [1.54, 1.807) is 31.3 Å². The Bertz CT molecular complexity index is 439. The third kappa shape index (κ3) is 5.11. The zero-order chi connectivity index (χ0) is 15.0. The molecule has 6 heteroatoms. The Kier molecular flexibility index (Phi) is 7.58. The number of nitrogens with zero attached hydrogens (tertiary/aromatic N) is 1. The Labute approximate surface area is 127 Å². The van der Waals surface area contributed by atoms with Gasteiger partial charge in [0.25, 0.3) is 5.91 Å². The molecule has 0 fully saturated rings. The van der Waals surface area contributed by atoms with E-state index in [0.29, 0.717) is 36.3 Å². The number of halogens is 1. The van der Waals surface area contributed by atoms with E-state index in [1.165, 1.54) is 6.07 Å². The number of phenols is 1. The van der Waals surface area contributed by atoms with Gasteiger partial charge >= 0.3 is 0 Å². The molecule has 0 aliphatic carbocycles. The number of ether oxygens (including phenoxy) is 2. The molecule has 1 N–H and O–H groups in total. The minimum atomic E-state index is -0.124. The summed E-state index contributed by atoms with van der Waals surface area (Å²) in [5.74, 6) is -0.0691. The summed E-state index contributed by atoms with van der Waals surface area (Å²) in [7, 11) is 3.23. The number of aromatic hydroxyl groups is 1. The molecule has 0 bridgehead atoms. The molecular weight excluding hydrogens is 326 g/mol. The molecule has 0 radical (unpaired) electrons. The first kappa shape index (κ1) is 16.9. The van der Waals surface area contributed by atoms with Crippen molar-refractivity contribution < 1.29 is 19.4 Å². The number of carbonyl (C=O) groups is 1. The Morgan fingerprint density at radius 3 is 2.55 bits per heavy atom. The summed E-state index contributed by atoms with van der Waals surface area (Å²) < 4.78 is 10.6. The molecule has 20 heavy (non-hydrogen) atoms. The summed E-state index contributed by atoms with van der Waals surface area (Å²) in [6.45, 7) is 2.17. The molecule has 112 valence electrons. The molecule has 0 unspecified atom stereocenters. The maximum absolute atomic E-state index is 12.4.